The van der Waals surface area contributed by atoms with Gasteiger partial charge >= 0.3 is 5.69 Å². The third-order valence-corrected chi connectivity index (χ3v) is 4.77. The average Bonchev–Trinajstić information content (AvgIpc) is 3.13. The number of rotatable bonds is 4. The summed E-state index contributed by atoms with van der Waals surface area (Å²) in [4.78, 5) is 40.7. The molecule has 1 aliphatic carbocycles. The molecule has 1 fully saturated rings. The third kappa shape index (κ3) is 3.35. The zero-order valence-corrected chi connectivity index (χ0v) is 14.2. The van der Waals surface area contributed by atoms with Crippen molar-refractivity contribution in [2.24, 2.45) is 5.92 Å². The number of benzene rings is 1. The molecule has 0 saturated heterocycles. The number of aromatic amines is 1. The number of hydrogen-bond acceptors (Lipinski definition) is 4. The number of H-pyrrole nitrogens is 1. The van der Waals surface area contributed by atoms with Crippen LogP contribution in [-0.2, 0) is 11.3 Å². The molecule has 7 nitrogen and oxygen atoms in total. The lowest BCUT2D eigenvalue weighted by molar-refractivity contribution is -0.121. The first-order valence-electron chi connectivity index (χ1n) is 8.43. The van der Waals surface area contributed by atoms with E-state index in [9.17, 15) is 14.4 Å². The van der Waals surface area contributed by atoms with Crippen LogP contribution in [0.5, 0.6) is 0 Å². The lowest BCUT2D eigenvalue weighted by Gasteiger charge is -2.23. The van der Waals surface area contributed by atoms with E-state index in [4.69, 9.17) is 5.73 Å². The van der Waals surface area contributed by atoms with Crippen molar-refractivity contribution < 1.29 is 4.79 Å². The van der Waals surface area contributed by atoms with Gasteiger partial charge in [-0.05, 0) is 18.4 Å². The molecule has 1 aliphatic rings. The number of carbonyl (C=O) groups is 1. The minimum atomic E-state index is -0.638. The molecule has 0 bridgehead atoms. The highest BCUT2D eigenvalue weighted by atomic mass is 16.2. The molecule has 0 atom stereocenters. The van der Waals surface area contributed by atoms with Crippen molar-refractivity contribution >= 4 is 17.4 Å². The number of nitrogens with zero attached hydrogens (tertiary/aromatic N) is 2. The minimum Gasteiger partial charge on any atom is -0.383 e. The summed E-state index contributed by atoms with van der Waals surface area (Å²) in [7, 11) is 1.54. The molecular weight excluding hydrogens is 320 g/mol. The highest BCUT2D eigenvalue weighted by Crippen LogP contribution is 2.28. The Morgan fingerprint density at radius 2 is 1.88 bits per heavy atom. The molecule has 1 aromatic carbocycles. The van der Waals surface area contributed by atoms with E-state index in [1.165, 1.54) is 9.47 Å². The van der Waals surface area contributed by atoms with E-state index in [-0.39, 0.29) is 29.9 Å². The smallest absolute Gasteiger partial charge is 0.330 e. The van der Waals surface area contributed by atoms with Gasteiger partial charge in [0.2, 0.25) is 5.91 Å². The maximum absolute atomic E-state index is 12.6. The Hall–Kier alpha value is -2.83. The van der Waals surface area contributed by atoms with Gasteiger partial charge in [-0.2, -0.15) is 0 Å². The molecule has 0 aliphatic heterocycles. The van der Waals surface area contributed by atoms with Crippen molar-refractivity contribution in [2.75, 3.05) is 17.7 Å². The lowest BCUT2D eigenvalue weighted by atomic mass is 10.1. The first kappa shape index (κ1) is 17.0. The van der Waals surface area contributed by atoms with Gasteiger partial charge in [0.05, 0.1) is 6.54 Å². The Balaban J connectivity index is 1.99. The number of anilines is 2. The second kappa shape index (κ2) is 6.96. The van der Waals surface area contributed by atoms with E-state index in [2.05, 4.69) is 4.98 Å². The first-order valence-corrected chi connectivity index (χ1v) is 8.43. The fourth-order valence-corrected chi connectivity index (χ4v) is 3.38. The molecular formula is C18H22N4O3. The molecule has 3 rings (SSSR count). The molecule has 0 radical (unpaired) electrons. The van der Waals surface area contributed by atoms with Gasteiger partial charge in [-0.15, -0.1) is 0 Å². The largest absolute Gasteiger partial charge is 0.383 e. The summed E-state index contributed by atoms with van der Waals surface area (Å²) in [6, 6.07) is 9.33. The number of hydrogen-bond donors (Lipinski definition) is 2. The van der Waals surface area contributed by atoms with E-state index in [0.29, 0.717) is 0 Å². The molecule has 2 aromatic rings. The zero-order chi connectivity index (χ0) is 18.0. The topological polar surface area (TPSA) is 101 Å². The summed E-state index contributed by atoms with van der Waals surface area (Å²) in [5.41, 5.74) is 5.80. The number of nitrogens with two attached hydrogens (primary N) is 1. The molecule has 1 aromatic heterocycles. The van der Waals surface area contributed by atoms with Crippen LogP contribution in [0.1, 0.15) is 31.2 Å². The predicted octanol–water partition coefficient (Wildman–Crippen LogP) is 1.32. The van der Waals surface area contributed by atoms with Gasteiger partial charge in [-0.1, -0.05) is 43.2 Å². The van der Waals surface area contributed by atoms with E-state index in [1.54, 1.807) is 7.05 Å². The Bertz CT molecular complexity index is 879. The van der Waals surface area contributed by atoms with Crippen molar-refractivity contribution in [1.82, 2.24) is 9.55 Å². The Morgan fingerprint density at radius 1 is 1.24 bits per heavy atom. The molecule has 132 valence electrons. The highest BCUT2D eigenvalue weighted by Gasteiger charge is 2.29. The maximum Gasteiger partial charge on any atom is 0.330 e. The molecule has 0 unspecified atom stereocenters. The third-order valence-electron chi connectivity index (χ3n) is 4.77. The average molecular weight is 342 g/mol. The monoisotopic (exact) mass is 342 g/mol. The van der Waals surface area contributed by atoms with Gasteiger partial charge in [-0.25, -0.2) is 4.79 Å². The van der Waals surface area contributed by atoms with Crippen LogP contribution in [0.15, 0.2) is 39.9 Å². The molecule has 1 saturated carbocycles. The van der Waals surface area contributed by atoms with Crippen LogP contribution in [0.2, 0.25) is 0 Å². The van der Waals surface area contributed by atoms with E-state index in [1.807, 2.05) is 30.3 Å². The summed E-state index contributed by atoms with van der Waals surface area (Å²) < 4.78 is 1.28. The van der Waals surface area contributed by atoms with Crippen molar-refractivity contribution in [3.63, 3.8) is 0 Å². The Labute approximate surface area is 145 Å². The molecule has 3 N–H and O–H groups in total. The van der Waals surface area contributed by atoms with E-state index in [0.717, 1.165) is 31.2 Å². The van der Waals surface area contributed by atoms with Crippen molar-refractivity contribution in [3.8, 4) is 0 Å². The highest BCUT2D eigenvalue weighted by molar-refractivity contribution is 5.96. The van der Waals surface area contributed by atoms with Crippen LogP contribution in [0.3, 0.4) is 0 Å². The summed E-state index contributed by atoms with van der Waals surface area (Å²) >= 11 is 0. The summed E-state index contributed by atoms with van der Waals surface area (Å²) in [5.74, 6) is -0.204. The fraction of sp³-hybridized carbons (Fsp3) is 0.389. The van der Waals surface area contributed by atoms with Gasteiger partial charge in [0.25, 0.3) is 5.56 Å². The van der Waals surface area contributed by atoms with E-state index < -0.39 is 11.2 Å². The second-order valence-corrected chi connectivity index (χ2v) is 6.44. The van der Waals surface area contributed by atoms with Gasteiger partial charge in [0, 0.05) is 13.0 Å². The van der Waals surface area contributed by atoms with Crippen molar-refractivity contribution in [2.45, 2.75) is 32.2 Å². The number of aromatic nitrogens is 2. The minimum absolute atomic E-state index is 0.00597. The fourth-order valence-electron chi connectivity index (χ4n) is 3.38. The second-order valence-electron chi connectivity index (χ2n) is 6.44. The number of nitrogen functional groups attached to an aromatic ring is 1. The number of carbonyl (C=O) groups excluding carboxylic acids is 1. The SMILES string of the molecule is CN(C(=O)C1CCCC1)c1c(N)n(Cc2ccccc2)c(=O)[nH]c1=O. The maximum atomic E-state index is 12.6. The van der Waals surface area contributed by atoms with Crippen LogP contribution in [0.4, 0.5) is 11.5 Å². The van der Waals surface area contributed by atoms with Gasteiger partial charge in [0.15, 0.2) is 5.69 Å². The summed E-state index contributed by atoms with van der Waals surface area (Å²) in [5, 5.41) is 0. The Kier molecular flexibility index (Phi) is 4.74. The van der Waals surface area contributed by atoms with Crippen molar-refractivity contribution in [3.05, 3.63) is 56.7 Å². The molecule has 0 spiro atoms. The molecule has 1 amide bonds. The number of nitrogens with one attached hydrogen (secondary N) is 1. The lowest BCUT2D eigenvalue weighted by Crippen LogP contribution is -2.41. The molecule has 25 heavy (non-hydrogen) atoms. The van der Waals surface area contributed by atoms with Crippen molar-refractivity contribution in [1.29, 1.82) is 0 Å². The van der Waals surface area contributed by atoms with Crippen LogP contribution < -0.4 is 21.9 Å². The normalized spacial score (nSPS) is 14.6. The summed E-state index contributed by atoms with van der Waals surface area (Å²) in [6.07, 6.45) is 3.68. The molecule has 1 heterocycles. The quantitative estimate of drug-likeness (QED) is 0.875. The van der Waals surface area contributed by atoms with Gasteiger partial charge in [-0.3, -0.25) is 19.1 Å². The van der Waals surface area contributed by atoms with Crippen LogP contribution >= 0.6 is 0 Å². The zero-order valence-electron chi connectivity index (χ0n) is 14.2. The standard InChI is InChI=1S/C18H22N4O3/c1-21(17(24)13-9-5-6-10-13)14-15(19)22(18(25)20-16(14)23)11-12-7-3-2-4-8-12/h2-4,7-8,13H,5-6,9-11,19H2,1H3,(H,20,23,25). The van der Waals surface area contributed by atoms with E-state index >= 15 is 0 Å². The van der Waals surface area contributed by atoms with Gasteiger partial charge < -0.3 is 10.6 Å². The predicted molar refractivity (Wildman–Crippen MR) is 96.6 cm³/mol. The van der Waals surface area contributed by atoms with Crippen LogP contribution in [0.25, 0.3) is 0 Å². The molecule has 7 heteroatoms. The first-order chi connectivity index (χ1) is 12.0. The summed E-state index contributed by atoms with van der Waals surface area (Å²) in [6.45, 7) is 0.223. The Morgan fingerprint density at radius 3 is 2.52 bits per heavy atom. The van der Waals surface area contributed by atoms with Crippen LogP contribution in [-0.4, -0.2) is 22.5 Å². The van der Waals surface area contributed by atoms with Crippen LogP contribution in [0, 0.1) is 5.92 Å². The number of amides is 1. The van der Waals surface area contributed by atoms with Gasteiger partial charge in [0.1, 0.15) is 5.82 Å².